The molecule has 0 radical (unpaired) electrons. The predicted octanol–water partition coefficient (Wildman–Crippen LogP) is 2.10. The van der Waals surface area contributed by atoms with Gasteiger partial charge in [-0.25, -0.2) is 4.39 Å². The Morgan fingerprint density at radius 1 is 1.25 bits per heavy atom. The highest BCUT2D eigenvalue weighted by Crippen LogP contribution is 2.18. The van der Waals surface area contributed by atoms with Gasteiger partial charge in [-0.1, -0.05) is 12.1 Å². The lowest BCUT2D eigenvalue weighted by Gasteiger charge is -2.17. The maximum Gasteiger partial charge on any atom is 0.305 e. The zero-order valence-electron chi connectivity index (χ0n) is 10.5. The number of aromatic nitrogens is 1. The van der Waals surface area contributed by atoms with Crippen molar-refractivity contribution in [3.63, 3.8) is 0 Å². The van der Waals surface area contributed by atoms with Crippen LogP contribution in [-0.2, 0) is 4.79 Å². The van der Waals surface area contributed by atoms with Crippen LogP contribution >= 0.6 is 0 Å². The molecule has 1 aromatic heterocycles. The van der Waals surface area contributed by atoms with Gasteiger partial charge in [0.05, 0.1) is 12.5 Å². The summed E-state index contributed by atoms with van der Waals surface area (Å²) in [5.74, 6) is -1.88. The molecule has 20 heavy (non-hydrogen) atoms. The first-order chi connectivity index (χ1) is 9.56. The molecule has 1 aromatic carbocycles. The fourth-order valence-electron chi connectivity index (χ4n) is 1.83. The van der Waals surface area contributed by atoms with E-state index >= 15 is 0 Å². The summed E-state index contributed by atoms with van der Waals surface area (Å²) >= 11 is 0. The van der Waals surface area contributed by atoms with Crippen LogP contribution in [0.15, 0.2) is 42.6 Å². The van der Waals surface area contributed by atoms with Crippen molar-refractivity contribution in [2.24, 2.45) is 0 Å². The van der Waals surface area contributed by atoms with E-state index in [-0.39, 0.29) is 6.42 Å². The Balaban J connectivity index is 2.17. The van der Waals surface area contributed by atoms with Crippen molar-refractivity contribution in [2.45, 2.75) is 12.5 Å². The summed E-state index contributed by atoms with van der Waals surface area (Å²) in [6, 6.07) is 7.90. The highest BCUT2D eigenvalue weighted by Gasteiger charge is 2.19. The van der Waals surface area contributed by atoms with Crippen LogP contribution in [0, 0.1) is 5.82 Å². The Morgan fingerprint density at radius 2 is 1.95 bits per heavy atom. The summed E-state index contributed by atoms with van der Waals surface area (Å²) < 4.78 is 12.9. The molecule has 0 aliphatic rings. The summed E-state index contributed by atoms with van der Waals surface area (Å²) in [5, 5.41) is 11.5. The van der Waals surface area contributed by atoms with Crippen LogP contribution in [0.5, 0.6) is 0 Å². The molecule has 3 N–H and O–H groups in total. The molecular formula is C14H13FN2O3. The smallest absolute Gasteiger partial charge is 0.305 e. The van der Waals surface area contributed by atoms with E-state index in [9.17, 15) is 14.0 Å². The van der Waals surface area contributed by atoms with Crippen LogP contribution in [0.1, 0.15) is 28.5 Å². The van der Waals surface area contributed by atoms with Crippen molar-refractivity contribution in [1.82, 2.24) is 10.3 Å². The summed E-state index contributed by atoms with van der Waals surface area (Å²) in [6.07, 6.45) is 1.32. The van der Waals surface area contributed by atoms with E-state index in [1.807, 2.05) is 0 Å². The second-order valence-electron chi connectivity index (χ2n) is 4.26. The zero-order valence-corrected chi connectivity index (χ0v) is 10.5. The number of nitrogens with one attached hydrogen (secondary N) is 2. The number of hydrogen-bond donors (Lipinski definition) is 3. The minimum atomic E-state index is -1.05. The molecule has 0 fully saturated rings. The number of amides is 1. The minimum absolute atomic E-state index is 0.280. The molecule has 0 saturated heterocycles. The number of halogens is 1. The topological polar surface area (TPSA) is 82.2 Å². The molecule has 0 aliphatic carbocycles. The molecule has 0 spiro atoms. The second-order valence-corrected chi connectivity index (χ2v) is 4.26. The van der Waals surface area contributed by atoms with Gasteiger partial charge in [-0.05, 0) is 29.8 Å². The van der Waals surface area contributed by atoms with Crippen molar-refractivity contribution in [1.29, 1.82) is 0 Å². The molecule has 0 bridgehead atoms. The summed E-state index contributed by atoms with van der Waals surface area (Å²) in [5.41, 5.74) is 0.871. The van der Waals surface area contributed by atoms with Crippen molar-refractivity contribution < 1.29 is 19.1 Å². The van der Waals surface area contributed by atoms with Crippen molar-refractivity contribution in [2.75, 3.05) is 0 Å². The van der Waals surface area contributed by atoms with Gasteiger partial charge in [0.1, 0.15) is 11.5 Å². The lowest BCUT2D eigenvalue weighted by molar-refractivity contribution is -0.137. The summed E-state index contributed by atoms with van der Waals surface area (Å²) in [6.45, 7) is 0. The Morgan fingerprint density at radius 3 is 2.50 bits per heavy atom. The standard InChI is InChI=1S/C14H13FN2O3/c15-10-5-3-9(4-6-10)12(8-13(18)19)17-14(20)11-2-1-7-16-11/h1-7,12,16H,8H2,(H,17,20)(H,18,19)/t12-/m0/s1. The van der Waals surface area contributed by atoms with Crippen LogP contribution in [0.25, 0.3) is 0 Å². The largest absolute Gasteiger partial charge is 0.481 e. The van der Waals surface area contributed by atoms with Crippen LogP contribution in [0.3, 0.4) is 0 Å². The molecule has 6 heteroatoms. The molecule has 2 aromatic rings. The van der Waals surface area contributed by atoms with Crippen LogP contribution in [0.2, 0.25) is 0 Å². The maximum atomic E-state index is 12.9. The molecule has 1 atom stereocenters. The fraction of sp³-hybridized carbons (Fsp3) is 0.143. The van der Waals surface area contributed by atoms with Gasteiger partial charge in [-0.3, -0.25) is 9.59 Å². The molecule has 1 amide bonds. The monoisotopic (exact) mass is 276 g/mol. The third-order valence-corrected chi connectivity index (χ3v) is 2.80. The molecule has 1 heterocycles. The van der Waals surface area contributed by atoms with E-state index in [0.29, 0.717) is 11.3 Å². The van der Waals surface area contributed by atoms with E-state index < -0.39 is 23.7 Å². The maximum absolute atomic E-state index is 12.9. The van der Waals surface area contributed by atoms with Gasteiger partial charge in [0, 0.05) is 6.20 Å². The molecule has 0 aliphatic heterocycles. The SMILES string of the molecule is O=C(O)C[C@H](NC(=O)c1ccc[nH]1)c1ccc(F)cc1. The highest BCUT2D eigenvalue weighted by atomic mass is 19.1. The quantitative estimate of drug-likeness (QED) is 0.782. The van der Waals surface area contributed by atoms with E-state index in [1.54, 1.807) is 18.3 Å². The second kappa shape index (κ2) is 6.01. The van der Waals surface area contributed by atoms with Crippen LogP contribution < -0.4 is 5.32 Å². The Labute approximate surface area is 114 Å². The number of aliphatic carboxylic acids is 1. The number of carbonyl (C=O) groups excluding carboxylic acids is 1. The van der Waals surface area contributed by atoms with E-state index in [1.165, 1.54) is 24.3 Å². The number of benzene rings is 1. The Kier molecular flexibility index (Phi) is 4.14. The lowest BCUT2D eigenvalue weighted by Crippen LogP contribution is -2.30. The number of aromatic amines is 1. The Bertz CT molecular complexity index is 593. The van der Waals surface area contributed by atoms with Crippen molar-refractivity contribution in [3.05, 3.63) is 59.7 Å². The number of H-pyrrole nitrogens is 1. The molecule has 5 nitrogen and oxygen atoms in total. The first kappa shape index (κ1) is 13.8. The van der Waals surface area contributed by atoms with Gasteiger partial charge in [-0.2, -0.15) is 0 Å². The number of rotatable bonds is 5. The van der Waals surface area contributed by atoms with Gasteiger partial charge < -0.3 is 15.4 Å². The minimum Gasteiger partial charge on any atom is -0.481 e. The van der Waals surface area contributed by atoms with Gasteiger partial charge in [0.25, 0.3) is 5.91 Å². The third-order valence-electron chi connectivity index (χ3n) is 2.80. The van der Waals surface area contributed by atoms with E-state index in [4.69, 9.17) is 5.11 Å². The van der Waals surface area contributed by atoms with Crippen molar-refractivity contribution >= 4 is 11.9 Å². The van der Waals surface area contributed by atoms with Crippen molar-refractivity contribution in [3.8, 4) is 0 Å². The molecule has 0 unspecified atom stereocenters. The highest BCUT2D eigenvalue weighted by molar-refractivity contribution is 5.92. The number of carbonyl (C=O) groups is 2. The molecule has 104 valence electrons. The van der Waals surface area contributed by atoms with Gasteiger partial charge in [0.2, 0.25) is 0 Å². The van der Waals surface area contributed by atoms with Gasteiger partial charge >= 0.3 is 5.97 Å². The fourth-order valence-corrected chi connectivity index (χ4v) is 1.83. The molecule has 0 saturated carbocycles. The normalized spacial score (nSPS) is 11.8. The zero-order chi connectivity index (χ0) is 14.5. The third kappa shape index (κ3) is 3.44. The Hall–Kier alpha value is -2.63. The average molecular weight is 276 g/mol. The van der Waals surface area contributed by atoms with E-state index in [2.05, 4.69) is 10.3 Å². The van der Waals surface area contributed by atoms with Gasteiger partial charge in [0.15, 0.2) is 0 Å². The van der Waals surface area contributed by atoms with Crippen LogP contribution in [-0.4, -0.2) is 22.0 Å². The summed E-state index contributed by atoms with van der Waals surface area (Å²) in [7, 11) is 0. The molecular weight excluding hydrogens is 263 g/mol. The predicted molar refractivity (Wildman–Crippen MR) is 69.7 cm³/mol. The van der Waals surface area contributed by atoms with Crippen LogP contribution in [0.4, 0.5) is 4.39 Å². The van der Waals surface area contributed by atoms with Gasteiger partial charge in [-0.15, -0.1) is 0 Å². The summed E-state index contributed by atoms with van der Waals surface area (Å²) in [4.78, 5) is 25.6. The average Bonchev–Trinajstić information content (AvgIpc) is 2.92. The van der Waals surface area contributed by atoms with E-state index in [0.717, 1.165) is 0 Å². The first-order valence-electron chi connectivity index (χ1n) is 5.98. The number of carboxylic acids is 1. The number of carboxylic acid groups (broad SMARTS) is 1. The first-order valence-corrected chi connectivity index (χ1v) is 5.98. The number of hydrogen-bond acceptors (Lipinski definition) is 2. The lowest BCUT2D eigenvalue weighted by atomic mass is 10.0. The molecule has 2 rings (SSSR count).